The summed E-state index contributed by atoms with van der Waals surface area (Å²) in [5.74, 6) is -0.821. The molecule has 0 aliphatic heterocycles. The second-order valence-electron chi connectivity index (χ2n) is 3.15. The number of esters is 1. The smallest absolute Gasteiger partial charge is 0.325 e. The minimum absolute atomic E-state index is 0.129. The van der Waals surface area contributed by atoms with Crippen LogP contribution in [0, 0.1) is 0 Å². The van der Waals surface area contributed by atoms with E-state index in [4.69, 9.17) is 0 Å². The van der Waals surface area contributed by atoms with Crippen LogP contribution < -0.4 is 5.32 Å². The first-order chi connectivity index (χ1) is 8.13. The van der Waals surface area contributed by atoms with Gasteiger partial charge in [-0.1, -0.05) is 34.1 Å². The Morgan fingerprint density at radius 1 is 1.41 bits per heavy atom. The summed E-state index contributed by atoms with van der Waals surface area (Å²) in [7, 11) is 1.27. The molecule has 0 fully saturated rings. The maximum Gasteiger partial charge on any atom is 0.325 e. The van der Waals surface area contributed by atoms with Crippen LogP contribution in [0.2, 0.25) is 0 Å². The number of amides is 1. The number of nitrogens with one attached hydrogen (secondary N) is 1. The molecule has 0 unspecified atom stereocenters. The molecule has 4 nitrogen and oxygen atoms in total. The number of ether oxygens (including phenoxy) is 1. The summed E-state index contributed by atoms with van der Waals surface area (Å²) in [6.45, 7) is -0.129. The summed E-state index contributed by atoms with van der Waals surface area (Å²) in [5, 5.41) is 2.41. The first kappa shape index (κ1) is 13.4. The molecule has 0 aliphatic rings. The van der Waals surface area contributed by atoms with Gasteiger partial charge in [-0.3, -0.25) is 9.59 Å². The molecular weight excluding hydrogens is 286 g/mol. The molecule has 1 amide bonds. The molecule has 1 aromatic carbocycles. The van der Waals surface area contributed by atoms with E-state index in [0.29, 0.717) is 0 Å². The van der Waals surface area contributed by atoms with Gasteiger partial charge in [0.15, 0.2) is 0 Å². The van der Waals surface area contributed by atoms with Gasteiger partial charge in [0, 0.05) is 10.5 Å². The monoisotopic (exact) mass is 297 g/mol. The predicted molar refractivity (Wildman–Crippen MR) is 68.2 cm³/mol. The van der Waals surface area contributed by atoms with E-state index in [2.05, 4.69) is 26.0 Å². The van der Waals surface area contributed by atoms with E-state index in [0.717, 1.165) is 10.0 Å². The van der Waals surface area contributed by atoms with E-state index in [1.165, 1.54) is 13.2 Å². The van der Waals surface area contributed by atoms with Crippen molar-refractivity contribution < 1.29 is 14.3 Å². The number of hydrogen-bond acceptors (Lipinski definition) is 3. The molecule has 0 heterocycles. The van der Waals surface area contributed by atoms with Gasteiger partial charge in [0.25, 0.3) is 0 Å². The Morgan fingerprint density at radius 3 is 2.76 bits per heavy atom. The number of hydrogen-bond donors (Lipinski definition) is 1. The second-order valence-corrected chi connectivity index (χ2v) is 4.00. The minimum Gasteiger partial charge on any atom is -0.468 e. The topological polar surface area (TPSA) is 55.4 Å². The van der Waals surface area contributed by atoms with Gasteiger partial charge < -0.3 is 10.1 Å². The lowest BCUT2D eigenvalue weighted by atomic mass is 10.2. The van der Waals surface area contributed by atoms with Gasteiger partial charge in [0.05, 0.1) is 7.11 Å². The molecule has 0 radical (unpaired) electrons. The third kappa shape index (κ3) is 4.82. The van der Waals surface area contributed by atoms with Crippen LogP contribution in [0.15, 0.2) is 34.8 Å². The number of carbonyl (C=O) groups excluding carboxylic acids is 2. The van der Waals surface area contributed by atoms with Crippen molar-refractivity contribution in [2.24, 2.45) is 0 Å². The van der Waals surface area contributed by atoms with Crippen molar-refractivity contribution in [2.45, 2.75) is 0 Å². The summed E-state index contributed by atoms with van der Waals surface area (Å²) in [4.78, 5) is 22.1. The molecule has 0 saturated heterocycles. The fourth-order valence-electron chi connectivity index (χ4n) is 1.07. The molecule has 1 aromatic rings. The van der Waals surface area contributed by atoms with Crippen LogP contribution in [0.25, 0.3) is 6.08 Å². The summed E-state index contributed by atoms with van der Waals surface area (Å²) >= 11 is 3.36. The molecule has 0 atom stereocenters. The Labute approximate surface area is 108 Å². The summed E-state index contributed by atoms with van der Waals surface area (Å²) in [6.07, 6.45) is 3.03. The first-order valence-corrected chi connectivity index (χ1v) is 5.70. The highest BCUT2D eigenvalue weighted by Gasteiger charge is 2.01. The molecule has 0 bridgehead atoms. The number of benzene rings is 1. The molecule has 0 saturated carbocycles. The summed E-state index contributed by atoms with van der Waals surface area (Å²) in [6, 6.07) is 7.51. The maximum atomic E-state index is 11.3. The van der Waals surface area contributed by atoms with E-state index in [1.54, 1.807) is 6.08 Å². The zero-order valence-corrected chi connectivity index (χ0v) is 10.9. The number of carbonyl (C=O) groups is 2. The van der Waals surface area contributed by atoms with E-state index < -0.39 is 5.97 Å². The minimum atomic E-state index is -0.479. The highest BCUT2D eigenvalue weighted by molar-refractivity contribution is 9.10. The van der Waals surface area contributed by atoms with Crippen LogP contribution in [-0.4, -0.2) is 25.5 Å². The van der Waals surface area contributed by atoms with Gasteiger partial charge in [0.1, 0.15) is 6.54 Å². The van der Waals surface area contributed by atoms with Crippen LogP contribution in [0.4, 0.5) is 0 Å². The van der Waals surface area contributed by atoms with Crippen LogP contribution in [0.3, 0.4) is 0 Å². The molecule has 0 aliphatic carbocycles. The van der Waals surface area contributed by atoms with Crippen molar-refractivity contribution in [3.8, 4) is 0 Å². The Bertz CT molecular complexity index is 443. The lowest BCUT2D eigenvalue weighted by Crippen LogP contribution is -2.28. The molecule has 0 spiro atoms. The highest BCUT2D eigenvalue weighted by Crippen LogP contribution is 2.16. The van der Waals surface area contributed by atoms with E-state index in [-0.39, 0.29) is 12.5 Å². The molecule has 90 valence electrons. The van der Waals surface area contributed by atoms with Crippen molar-refractivity contribution in [1.29, 1.82) is 0 Å². The standard InChI is InChI=1S/C12H12BrNO3/c1-17-12(16)8-14-11(15)7-6-9-4-2-3-5-10(9)13/h2-7H,8H2,1H3,(H,14,15)/b7-6+. The largest absolute Gasteiger partial charge is 0.468 e. The molecule has 0 aromatic heterocycles. The Kier molecular flexibility index (Phi) is 5.42. The zero-order chi connectivity index (χ0) is 12.7. The maximum absolute atomic E-state index is 11.3. The third-order valence-electron chi connectivity index (χ3n) is 1.95. The SMILES string of the molecule is COC(=O)CNC(=O)/C=C/c1ccccc1Br. The average Bonchev–Trinajstić information content (AvgIpc) is 2.35. The van der Waals surface area contributed by atoms with Crippen LogP contribution in [0.1, 0.15) is 5.56 Å². The van der Waals surface area contributed by atoms with Crippen molar-refractivity contribution >= 4 is 33.9 Å². The zero-order valence-electron chi connectivity index (χ0n) is 9.27. The molecular formula is C12H12BrNO3. The Balaban J connectivity index is 2.51. The quantitative estimate of drug-likeness (QED) is 0.680. The summed E-state index contributed by atoms with van der Waals surface area (Å²) in [5.41, 5.74) is 0.890. The molecule has 1 rings (SSSR count). The molecule has 5 heteroatoms. The van der Waals surface area contributed by atoms with Crippen LogP contribution >= 0.6 is 15.9 Å². The van der Waals surface area contributed by atoms with Gasteiger partial charge in [0.2, 0.25) is 5.91 Å². The number of halogens is 1. The van der Waals surface area contributed by atoms with Gasteiger partial charge in [-0.05, 0) is 17.7 Å². The van der Waals surface area contributed by atoms with E-state index >= 15 is 0 Å². The number of methoxy groups -OCH3 is 1. The van der Waals surface area contributed by atoms with Crippen molar-refractivity contribution in [2.75, 3.05) is 13.7 Å². The van der Waals surface area contributed by atoms with Gasteiger partial charge in [-0.25, -0.2) is 0 Å². The second kappa shape index (κ2) is 6.85. The highest BCUT2D eigenvalue weighted by atomic mass is 79.9. The van der Waals surface area contributed by atoms with Gasteiger partial charge in [-0.2, -0.15) is 0 Å². The van der Waals surface area contributed by atoms with Gasteiger partial charge >= 0.3 is 5.97 Å². The third-order valence-corrected chi connectivity index (χ3v) is 2.68. The molecule has 1 N–H and O–H groups in total. The lowest BCUT2D eigenvalue weighted by molar-refractivity contribution is -0.140. The van der Waals surface area contributed by atoms with Crippen molar-refractivity contribution in [3.63, 3.8) is 0 Å². The fourth-order valence-corrected chi connectivity index (χ4v) is 1.48. The lowest BCUT2D eigenvalue weighted by Gasteiger charge is -2.00. The summed E-state index contributed by atoms with van der Waals surface area (Å²) < 4.78 is 5.30. The molecule has 17 heavy (non-hydrogen) atoms. The first-order valence-electron chi connectivity index (χ1n) is 4.90. The van der Waals surface area contributed by atoms with Crippen molar-refractivity contribution in [3.05, 3.63) is 40.4 Å². The van der Waals surface area contributed by atoms with Crippen LogP contribution in [-0.2, 0) is 14.3 Å². The number of rotatable bonds is 4. The average molecular weight is 298 g/mol. The van der Waals surface area contributed by atoms with Gasteiger partial charge in [-0.15, -0.1) is 0 Å². The normalized spacial score (nSPS) is 10.2. The Morgan fingerprint density at radius 2 is 2.12 bits per heavy atom. The predicted octanol–water partition coefficient (Wildman–Crippen LogP) is 1.75. The fraction of sp³-hybridized carbons (Fsp3) is 0.167. The Hall–Kier alpha value is -1.62. The van der Waals surface area contributed by atoms with E-state index in [9.17, 15) is 9.59 Å². The van der Waals surface area contributed by atoms with E-state index in [1.807, 2.05) is 24.3 Å². The van der Waals surface area contributed by atoms with Crippen molar-refractivity contribution in [1.82, 2.24) is 5.32 Å². The van der Waals surface area contributed by atoms with Crippen LogP contribution in [0.5, 0.6) is 0 Å².